The largest absolute Gasteiger partial charge is 0.497 e. The molecule has 0 saturated carbocycles. The number of nitrogens with one attached hydrogen (secondary N) is 3. The molecule has 0 aliphatic carbocycles. The van der Waals surface area contributed by atoms with Crippen molar-refractivity contribution < 1.29 is 27.9 Å². The van der Waals surface area contributed by atoms with E-state index in [9.17, 15) is 23.1 Å². The van der Waals surface area contributed by atoms with Crippen molar-refractivity contribution in [2.45, 2.75) is 44.5 Å². The number of amides is 2. The van der Waals surface area contributed by atoms with Crippen LogP contribution in [0, 0.1) is 0 Å². The summed E-state index contributed by atoms with van der Waals surface area (Å²) in [6.45, 7) is 4.01. The molecular weight excluding hydrogens is 628 g/mol. The van der Waals surface area contributed by atoms with Crippen LogP contribution in [-0.4, -0.2) is 64.4 Å². The molecule has 0 aliphatic rings. The summed E-state index contributed by atoms with van der Waals surface area (Å²) >= 11 is 0. The molecule has 48 heavy (non-hydrogen) atoms. The van der Waals surface area contributed by atoms with E-state index in [1.807, 2.05) is 92.7 Å². The van der Waals surface area contributed by atoms with Crippen molar-refractivity contribution in [1.82, 2.24) is 16.0 Å². The van der Waals surface area contributed by atoms with Crippen LogP contribution in [0.2, 0.25) is 0 Å². The van der Waals surface area contributed by atoms with Gasteiger partial charge in [0.2, 0.25) is 10.0 Å². The van der Waals surface area contributed by atoms with Crippen molar-refractivity contribution in [3.8, 4) is 5.75 Å². The Bertz CT molecular complexity index is 1790. The highest BCUT2D eigenvalue weighted by Crippen LogP contribution is 2.23. The lowest BCUT2D eigenvalue weighted by atomic mass is 9.99. The summed E-state index contributed by atoms with van der Waals surface area (Å²) in [5, 5.41) is 20.6. The first-order chi connectivity index (χ1) is 22.8. The molecule has 0 bridgehead atoms. The van der Waals surface area contributed by atoms with Crippen LogP contribution in [-0.2, 0) is 16.4 Å². The summed E-state index contributed by atoms with van der Waals surface area (Å²) in [7, 11) is -0.807. The van der Waals surface area contributed by atoms with Gasteiger partial charge in [0, 0.05) is 30.8 Å². The molecular formula is C37H44N4O6S. The molecule has 4 rings (SSSR count). The SMILES string of the molecule is COc1cccc([C@@H](C)NC(=O)c2cc(C(=O)N[C@@H](Cc3ccccc3)[C@H](O)CN[C@@H](C)c3ccccc3)cc(N(C)S(C)(=O)=O)c2)c1. The minimum Gasteiger partial charge on any atom is -0.497 e. The Morgan fingerprint density at radius 1 is 0.792 bits per heavy atom. The van der Waals surface area contributed by atoms with Crippen LogP contribution in [0.25, 0.3) is 0 Å². The zero-order chi connectivity index (χ0) is 34.8. The number of sulfonamides is 1. The normalized spacial score (nSPS) is 13.9. The molecule has 4 atom stereocenters. The van der Waals surface area contributed by atoms with Gasteiger partial charge in [-0.2, -0.15) is 0 Å². The third-order valence-corrected chi connectivity index (χ3v) is 9.46. The molecule has 0 aromatic heterocycles. The average Bonchev–Trinajstić information content (AvgIpc) is 3.09. The second-order valence-corrected chi connectivity index (χ2v) is 13.9. The van der Waals surface area contributed by atoms with Gasteiger partial charge in [0.25, 0.3) is 11.8 Å². The molecule has 0 fully saturated rings. The van der Waals surface area contributed by atoms with Gasteiger partial charge in [-0.05, 0) is 67.3 Å². The molecule has 0 heterocycles. The van der Waals surface area contributed by atoms with E-state index in [0.29, 0.717) is 12.2 Å². The second kappa shape index (κ2) is 16.4. The molecule has 0 aliphatic heterocycles. The van der Waals surface area contributed by atoms with Crippen LogP contribution < -0.4 is 25.0 Å². The summed E-state index contributed by atoms with van der Waals surface area (Å²) < 4.78 is 31.3. The van der Waals surface area contributed by atoms with Crippen molar-refractivity contribution in [3.05, 3.63) is 131 Å². The van der Waals surface area contributed by atoms with Gasteiger partial charge in [-0.15, -0.1) is 0 Å². The number of hydrogen-bond acceptors (Lipinski definition) is 7. The van der Waals surface area contributed by atoms with E-state index in [2.05, 4.69) is 16.0 Å². The Morgan fingerprint density at radius 3 is 1.98 bits per heavy atom. The first kappa shape index (κ1) is 36.1. The number of aliphatic hydroxyl groups excluding tert-OH is 1. The number of rotatable bonds is 15. The number of ether oxygens (including phenoxy) is 1. The molecule has 4 aromatic rings. The third kappa shape index (κ3) is 9.90. The van der Waals surface area contributed by atoms with Crippen molar-refractivity contribution in [2.75, 3.05) is 31.3 Å². The predicted octanol–water partition coefficient (Wildman–Crippen LogP) is 4.63. The Kier molecular flexibility index (Phi) is 12.4. The molecule has 0 unspecified atom stereocenters. The van der Waals surface area contributed by atoms with Gasteiger partial charge >= 0.3 is 0 Å². The lowest BCUT2D eigenvalue weighted by molar-refractivity contribution is 0.0825. The van der Waals surface area contributed by atoms with Crippen LogP contribution >= 0.6 is 0 Å². The summed E-state index contributed by atoms with van der Waals surface area (Å²) in [5.41, 5.74) is 3.09. The van der Waals surface area contributed by atoms with Gasteiger partial charge in [0.15, 0.2) is 0 Å². The average molecular weight is 673 g/mol. The number of nitrogens with zero attached hydrogens (tertiary/aromatic N) is 1. The highest BCUT2D eigenvalue weighted by atomic mass is 32.2. The molecule has 0 saturated heterocycles. The van der Waals surface area contributed by atoms with E-state index in [1.165, 1.54) is 25.2 Å². The fourth-order valence-corrected chi connectivity index (χ4v) is 5.71. The molecule has 4 N–H and O–H groups in total. The number of benzene rings is 4. The second-order valence-electron chi connectivity index (χ2n) is 11.8. The zero-order valence-electron chi connectivity index (χ0n) is 27.9. The monoisotopic (exact) mass is 672 g/mol. The number of anilines is 1. The van der Waals surface area contributed by atoms with E-state index in [4.69, 9.17) is 4.74 Å². The minimum absolute atomic E-state index is 0.0439. The van der Waals surface area contributed by atoms with Crippen molar-refractivity contribution in [3.63, 3.8) is 0 Å². The lowest BCUT2D eigenvalue weighted by Crippen LogP contribution is -2.49. The molecule has 4 aromatic carbocycles. The van der Waals surface area contributed by atoms with Crippen LogP contribution in [0.3, 0.4) is 0 Å². The van der Waals surface area contributed by atoms with Gasteiger partial charge in [-0.3, -0.25) is 13.9 Å². The summed E-state index contributed by atoms with van der Waals surface area (Å²) in [6.07, 6.45) is 0.400. The van der Waals surface area contributed by atoms with Gasteiger partial charge < -0.3 is 25.8 Å². The van der Waals surface area contributed by atoms with Gasteiger partial charge in [-0.25, -0.2) is 8.42 Å². The quantitative estimate of drug-likeness (QED) is 0.145. The van der Waals surface area contributed by atoms with Crippen LogP contribution in [0.4, 0.5) is 5.69 Å². The lowest BCUT2D eigenvalue weighted by Gasteiger charge is -2.27. The molecule has 11 heteroatoms. The van der Waals surface area contributed by atoms with E-state index >= 15 is 0 Å². The number of carbonyl (C=O) groups excluding carboxylic acids is 2. The van der Waals surface area contributed by atoms with Crippen LogP contribution in [0.15, 0.2) is 103 Å². The Hall–Kier alpha value is -4.71. The number of methoxy groups -OCH3 is 1. The highest BCUT2D eigenvalue weighted by Gasteiger charge is 2.25. The Morgan fingerprint density at radius 2 is 1.38 bits per heavy atom. The fraction of sp³-hybridized carbons (Fsp3) is 0.297. The number of hydrogen-bond donors (Lipinski definition) is 4. The highest BCUT2D eigenvalue weighted by molar-refractivity contribution is 7.92. The Balaban J connectivity index is 1.60. The molecule has 10 nitrogen and oxygen atoms in total. The maximum Gasteiger partial charge on any atom is 0.251 e. The number of aliphatic hydroxyl groups is 1. The first-order valence-corrected chi connectivity index (χ1v) is 17.6. The predicted molar refractivity (Wildman–Crippen MR) is 189 cm³/mol. The van der Waals surface area contributed by atoms with E-state index in [-0.39, 0.29) is 29.4 Å². The minimum atomic E-state index is -3.72. The first-order valence-electron chi connectivity index (χ1n) is 15.7. The van der Waals surface area contributed by atoms with E-state index in [0.717, 1.165) is 27.3 Å². The van der Waals surface area contributed by atoms with E-state index in [1.54, 1.807) is 13.2 Å². The standard InChI is InChI=1S/C37H44N4O6S/c1-25(28-15-10-7-11-16-28)38-24-35(42)34(19-27-13-8-6-9-14-27)40-37(44)31-20-30(21-32(22-31)41(3)48(5,45)46)36(43)39-26(2)29-17-12-18-33(23-29)47-4/h6-18,20-23,25-26,34-35,38,42H,19,24H2,1-5H3,(H,39,43)(H,40,44)/t25-,26+,34-,35+/m0/s1. The van der Waals surface area contributed by atoms with Crippen LogP contribution in [0.1, 0.15) is 63.3 Å². The maximum absolute atomic E-state index is 13.9. The van der Waals surface area contributed by atoms with Gasteiger partial charge in [0.05, 0.1) is 37.2 Å². The topological polar surface area (TPSA) is 137 Å². The summed E-state index contributed by atoms with van der Waals surface area (Å²) in [5.74, 6) is -0.422. The Labute approximate surface area is 283 Å². The van der Waals surface area contributed by atoms with Crippen molar-refractivity contribution >= 4 is 27.5 Å². The molecule has 2 amide bonds. The molecule has 0 spiro atoms. The van der Waals surface area contributed by atoms with Gasteiger partial charge in [0.1, 0.15) is 5.75 Å². The summed E-state index contributed by atoms with van der Waals surface area (Å²) in [4.78, 5) is 27.4. The maximum atomic E-state index is 13.9. The molecule has 0 radical (unpaired) electrons. The summed E-state index contributed by atoms with van der Waals surface area (Å²) in [6, 6.07) is 29.7. The number of carbonyl (C=O) groups is 2. The smallest absolute Gasteiger partial charge is 0.251 e. The van der Waals surface area contributed by atoms with Crippen LogP contribution in [0.5, 0.6) is 5.75 Å². The van der Waals surface area contributed by atoms with Crippen molar-refractivity contribution in [1.29, 1.82) is 0 Å². The zero-order valence-corrected chi connectivity index (χ0v) is 28.7. The fourth-order valence-electron chi connectivity index (χ4n) is 5.22. The van der Waals surface area contributed by atoms with Gasteiger partial charge in [-0.1, -0.05) is 72.8 Å². The van der Waals surface area contributed by atoms with Crippen molar-refractivity contribution in [2.24, 2.45) is 0 Å². The molecule has 254 valence electrons. The van der Waals surface area contributed by atoms with E-state index < -0.39 is 40.0 Å². The third-order valence-electron chi connectivity index (χ3n) is 8.26.